The molecule has 4 aliphatic heterocycles. The van der Waals surface area contributed by atoms with Gasteiger partial charge >= 0.3 is 0 Å². The van der Waals surface area contributed by atoms with Gasteiger partial charge in [-0.05, 0) is 61.4 Å². The summed E-state index contributed by atoms with van der Waals surface area (Å²) >= 11 is 0. The van der Waals surface area contributed by atoms with Crippen molar-refractivity contribution in [3.63, 3.8) is 0 Å². The minimum absolute atomic E-state index is 0.0144. The highest BCUT2D eigenvalue weighted by atomic mass is 16.6. The Morgan fingerprint density at radius 3 is 2.78 bits per heavy atom. The highest BCUT2D eigenvalue weighted by molar-refractivity contribution is 6.01. The molecule has 9 nitrogen and oxygen atoms in total. The number of rotatable bonds is 5. The van der Waals surface area contributed by atoms with Gasteiger partial charge < -0.3 is 19.9 Å². The number of likely N-dealkylation sites (N-methyl/N-ethyl adjacent to an activating group) is 1. The van der Waals surface area contributed by atoms with Crippen molar-refractivity contribution in [2.75, 3.05) is 20.1 Å². The average molecular weight is 560 g/mol. The quantitative estimate of drug-likeness (QED) is 0.587. The van der Waals surface area contributed by atoms with Crippen LogP contribution in [0.15, 0.2) is 30.5 Å². The van der Waals surface area contributed by atoms with Crippen LogP contribution in [0.1, 0.15) is 58.1 Å². The van der Waals surface area contributed by atoms with E-state index in [0.717, 1.165) is 30.4 Å². The molecule has 0 radical (unpaired) electrons. The number of aromatic amines is 1. The largest absolute Gasteiger partial charge is 0.361 e. The molecular weight excluding hydrogens is 518 g/mol. The van der Waals surface area contributed by atoms with E-state index in [9.17, 15) is 14.4 Å². The summed E-state index contributed by atoms with van der Waals surface area (Å²) < 4.78 is 6.69. The van der Waals surface area contributed by atoms with Crippen LogP contribution in [0.2, 0.25) is 0 Å². The van der Waals surface area contributed by atoms with Crippen LogP contribution >= 0.6 is 0 Å². The molecule has 41 heavy (non-hydrogen) atoms. The fourth-order valence-electron chi connectivity index (χ4n) is 8.02. The summed E-state index contributed by atoms with van der Waals surface area (Å²) in [6.07, 6.45) is 6.82. The second-order valence-corrected chi connectivity index (χ2v) is 13.4. The molecule has 1 aromatic heterocycles. The van der Waals surface area contributed by atoms with E-state index in [2.05, 4.69) is 66.6 Å². The Balaban J connectivity index is 1.22. The number of piperazine rings is 1. The molecule has 9 heteroatoms. The molecule has 1 unspecified atom stereocenters. The molecule has 2 N–H and O–H groups in total. The molecule has 0 bridgehead atoms. The Labute approximate surface area is 241 Å². The number of ether oxygens (including phenoxy) is 1. The summed E-state index contributed by atoms with van der Waals surface area (Å²) in [6.45, 7) is 9.22. The lowest BCUT2D eigenvalue weighted by atomic mass is 9.79. The Hall–Kier alpha value is -3.17. The van der Waals surface area contributed by atoms with Crippen molar-refractivity contribution in [2.45, 2.75) is 83.5 Å². The minimum atomic E-state index is -1.51. The van der Waals surface area contributed by atoms with Gasteiger partial charge in [0, 0.05) is 42.1 Å². The highest BCUT2D eigenvalue weighted by Gasteiger charge is 2.64. The number of carbonyl (C=O) groups is 3. The van der Waals surface area contributed by atoms with Gasteiger partial charge in [0.05, 0.1) is 12.0 Å². The molecule has 5 heterocycles. The van der Waals surface area contributed by atoms with Gasteiger partial charge in [-0.25, -0.2) is 0 Å². The summed E-state index contributed by atoms with van der Waals surface area (Å²) in [5, 5.41) is 4.36. The number of H-pyrrole nitrogens is 1. The first-order chi connectivity index (χ1) is 19.6. The van der Waals surface area contributed by atoms with Gasteiger partial charge in [-0.1, -0.05) is 45.9 Å². The monoisotopic (exact) mass is 559 g/mol. The molecule has 5 aliphatic rings. The van der Waals surface area contributed by atoms with Crippen LogP contribution in [0, 0.1) is 17.8 Å². The predicted octanol–water partition coefficient (Wildman–Crippen LogP) is 3.11. The molecule has 3 saturated heterocycles. The first kappa shape index (κ1) is 26.7. The Bertz CT molecular complexity index is 1460. The van der Waals surface area contributed by atoms with Crippen molar-refractivity contribution in [1.82, 2.24) is 25.0 Å². The number of fused-ring (bicyclic) bond motifs is 5. The van der Waals surface area contributed by atoms with Crippen LogP contribution in [0.4, 0.5) is 0 Å². The van der Waals surface area contributed by atoms with Crippen molar-refractivity contribution in [2.24, 2.45) is 17.8 Å². The van der Waals surface area contributed by atoms with Gasteiger partial charge in [0.25, 0.3) is 5.91 Å². The number of carbonyl (C=O) groups excluding carboxylic acids is 3. The van der Waals surface area contributed by atoms with Crippen LogP contribution in [0.5, 0.6) is 0 Å². The van der Waals surface area contributed by atoms with E-state index in [0.29, 0.717) is 19.5 Å². The van der Waals surface area contributed by atoms with Gasteiger partial charge in [-0.2, -0.15) is 0 Å². The Kier molecular flexibility index (Phi) is 6.14. The number of nitrogens with zero attached hydrogens (tertiary/aromatic N) is 3. The SMILES string of the molecule is CC(C)CC1C(=O)N2CCC[C@H]2[C@@H]2O[C@](NC(=O)[C@@H]3C=C4c5cccc6[nH]cc(c56)C[C@H]4N(C)C3)(C(C)C)C(=O)N12. The van der Waals surface area contributed by atoms with E-state index in [1.165, 1.54) is 16.5 Å². The third kappa shape index (κ3) is 3.84. The third-order valence-electron chi connectivity index (χ3n) is 10.1. The van der Waals surface area contributed by atoms with Crippen LogP contribution in [-0.4, -0.2) is 87.6 Å². The van der Waals surface area contributed by atoms with Gasteiger partial charge in [0.2, 0.25) is 17.5 Å². The zero-order valence-electron chi connectivity index (χ0n) is 24.6. The lowest BCUT2D eigenvalue weighted by Crippen LogP contribution is -2.65. The molecule has 6 atom stereocenters. The summed E-state index contributed by atoms with van der Waals surface area (Å²) in [5.74, 6) is -1.01. The number of nitrogens with one attached hydrogen (secondary N) is 2. The number of amides is 3. The minimum Gasteiger partial charge on any atom is -0.361 e. The number of hydrogen-bond acceptors (Lipinski definition) is 5. The van der Waals surface area contributed by atoms with Gasteiger partial charge in [-0.3, -0.25) is 24.2 Å². The van der Waals surface area contributed by atoms with Crippen molar-refractivity contribution in [1.29, 1.82) is 0 Å². The number of hydrogen-bond donors (Lipinski definition) is 2. The highest BCUT2D eigenvalue weighted by Crippen LogP contribution is 2.44. The predicted molar refractivity (Wildman–Crippen MR) is 155 cm³/mol. The van der Waals surface area contributed by atoms with Crippen molar-refractivity contribution in [3.05, 3.63) is 41.6 Å². The summed E-state index contributed by atoms with van der Waals surface area (Å²) in [5.41, 5.74) is 3.23. The van der Waals surface area contributed by atoms with E-state index in [1.54, 1.807) is 4.90 Å². The van der Waals surface area contributed by atoms with Gasteiger partial charge in [-0.15, -0.1) is 0 Å². The molecule has 0 saturated carbocycles. The lowest BCUT2D eigenvalue weighted by molar-refractivity contribution is -0.172. The Morgan fingerprint density at radius 2 is 2.02 bits per heavy atom. The first-order valence-electron chi connectivity index (χ1n) is 15.2. The number of benzene rings is 1. The molecule has 7 rings (SSSR count). The second-order valence-electron chi connectivity index (χ2n) is 13.4. The molecule has 2 aromatic rings. The fraction of sp³-hybridized carbons (Fsp3) is 0.594. The molecule has 3 amide bonds. The maximum absolute atomic E-state index is 14.4. The van der Waals surface area contributed by atoms with E-state index in [1.807, 2.05) is 18.7 Å². The van der Waals surface area contributed by atoms with Crippen molar-refractivity contribution < 1.29 is 19.1 Å². The standard InChI is InChI=1S/C32H41N5O4/c1-17(2)12-26-29(39)36-11-7-10-24(36)30-37(26)31(40)32(41-30,18(3)4)34-28(38)20-13-22-21-8-6-9-23-27(21)19(15-33-23)14-25(22)35(5)16-20/h6,8-9,13,15,17-18,20,24-26,30,33H,7,10-12,14,16H2,1-5H3,(H,34,38)/t20-,24+,25-,26?,30+,32-/m1/s1. The summed E-state index contributed by atoms with van der Waals surface area (Å²) in [6, 6.07) is 5.74. The van der Waals surface area contributed by atoms with Crippen LogP contribution in [0.3, 0.4) is 0 Å². The van der Waals surface area contributed by atoms with Crippen LogP contribution in [0.25, 0.3) is 16.5 Å². The van der Waals surface area contributed by atoms with E-state index >= 15 is 0 Å². The lowest BCUT2D eigenvalue weighted by Gasteiger charge is -2.44. The molecule has 3 fully saturated rings. The van der Waals surface area contributed by atoms with Crippen molar-refractivity contribution in [3.8, 4) is 0 Å². The number of aromatic nitrogens is 1. The normalized spacial score (nSPS) is 33.0. The smallest absolute Gasteiger partial charge is 0.279 e. The summed E-state index contributed by atoms with van der Waals surface area (Å²) in [4.78, 5) is 51.3. The molecule has 0 spiro atoms. The maximum atomic E-state index is 14.4. The van der Waals surface area contributed by atoms with E-state index in [-0.39, 0.29) is 41.6 Å². The van der Waals surface area contributed by atoms with Crippen molar-refractivity contribution >= 4 is 34.2 Å². The van der Waals surface area contributed by atoms with Crippen LogP contribution < -0.4 is 5.32 Å². The topological polar surface area (TPSA) is 98.0 Å². The molecular formula is C32H41N5O4. The van der Waals surface area contributed by atoms with E-state index in [4.69, 9.17) is 4.74 Å². The third-order valence-corrected chi connectivity index (χ3v) is 10.1. The summed E-state index contributed by atoms with van der Waals surface area (Å²) in [7, 11) is 2.07. The maximum Gasteiger partial charge on any atom is 0.279 e. The zero-order chi connectivity index (χ0) is 28.8. The first-order valence-corrected chi connectivity index (χ1v) is 15.2. The molecule has 1 aliphatic carbocycles. The van der Waals surface area contributed by atoms with Crippen LogP contribution in [-0.2, 0) is 25.5 Å². The van der Waals surface area contributed by atoms with Gasteiger partial charge in [0.15, 0.2) is 6.23 Å². The fourth-order valence-corrected chi connectivity index (χ4v) is 8.02. The second kappa shape index (κ2) is 9.42. The Morgan fingerprint density at radius 1 is 1.22 bits per heavy atom. The average Bonchev–Trinajstić information content (AvgIpc) is 3.65. The molecule has 218 valence electrons. The van der Waals surface area contributed by atoms with Gasteiger partial charge in [0.1, 0.15) is 6.04 Å². The zero-order valence-corrected chi connectivity index (χ0v) is 24.6. The molecule has 1 aromatic carbocycles. The van der Waals surface area contributed by atoms with E-state index < -0.39 is 23.9 Å².